The molecule has 1 aromatic heterocycles. The van der Waals surface area contributed by atoms with Crippen LogP contribution in [0, 0.1) is 0 Å². The zero-order valence-electron chi connectivity index (χ0n) is 11.5. The van der Waals surface area contributed by atoms with E-state index in [1.54, 1.807) is 0 Å². The Bertz CT molecular complexity index is 510. The average molecular weight is 277 g/mol. The highest BCUT2D eigenvalue weighted by atomic mass is 16.4. The smallest absolute Gasteiger partial charge is 0.335 e. The van der Waals surface area contributed by atoms with Gasteiger partial charge in [-0.15, -0.1) is 0 Å². The van der Waals surface area contributed by atoms with E-state index >= 15 is 0 Å². The van der Waals surface area contributed by atoms with E-state index in [2.05, 4.69) is 15.6 Å². The largest absolute Gasteiger partial charge is 0.478 e. The van der Waals surface area contributed by atoms with Crippen LogP contribution < -0.4 is 10.6 Å². The lowest BCUT2D eigenvalue weighted by atomic mass is 9.93. The molecule has 1 atom stereocenters. The first-order valence-corrected chi connectivity index (χ1v) is 6.79. The van der Waals surface area contributed by atoms with Crippen molar-refractivity contribution in [3.05, 3.63) is 29.6 Å². The molecule has 1 unspecified atom stereocenters. The first-order valence-electron chi connectivity index (χ1n) is 6.79. The Morgan fingerprint density at radius 2 is 2.35 bits per heavy atom. The van der Waals surface area contributed by atoms with E-state index in [1.807, 2.05) is 6.92 Å². The Kier molecular flexibility index (Phi) is 4.34. The normalized spacial score (nSPS) is 21.6. The number of carboxylic acids is 1. The summed E-state index contributed by atoms with van der Waals surface area (Å²) in [7, 11) is 0. The van der Waals surface area contributed by atoms with Crippen LogP contribution in [0.15, 0.2) is 18.3 Å². The maximum absolute atomic E-state index is 12.3. The zero-order valence-corrected chi connectivity index (χ0v) is 11.5. The minimum Gasteiger partial charge on any atom is -0.478 e. The van der Waals surface area contributed by atoms with Gasteiger partial charge >= 0.3 is 5.97 Å². The fraction of sp³-hybridized carbons (Fsp3) is 0.500. The lowest BCUT2D eigenvalue weighted by Crippen LogP contribution is -2.52. The Morgan fingerprint density at radius 1 is 1.55 bits per heavy atom. The van der Waals surface area contributed by atoms with Gasteiger partial charge in [0, 0.05) is 6.20 Å². The number of nitrogens with one attached hydrogen (secondary N) is 2. The molecule has 108 valence electrons. The van der Waals surface area contributed by atoms with Crippen LogP contribution in [0.4, 0.5) is 0 Å². The van der Waals surface area contributed by atoms with Crippen molar-refractivity contribution in [1.29, 1.82) is 0 Å². The molecule has 0 bridgehead atoms. The van der Waals surface area contributed by atoms with Crippen molar-refractivity contribution in [1.82, 2.24) is 15.6 Å². The van der Waals surface area contributed by atoms with Gasteiger partial charge in [0.15, 0.2) is 0 Å². The Balaban J connectivity index is 1.99. The summed E-state index contributed by atoms with van der Waals surface area (Å²) in [6, 6.07) is 2.91. The summed E-state index contributed by atoms with van der Waals surface area (Å²) in [4.78, 5) is 27.2. The van der Waals surface area contributed by atoms with Crippen LogP contribution in [-0.4, -0.2) is 34.1 Å². The van der Waals surface area contributed by atoms with Gasteiger partial charge in [-0.1, -0.05) is 6.92 Å². The Morgan fingerprint density at radius 3 is 2.95 bits per heavy atom. The highest BCUT2D eigenvalue weighted by molar-refractivity contribution is 5.88. The molecule has 2 heterocycles. The molecule has 0 saturated carbocycles. The second kappa shape index (κ2) is 6.00. The molecule has 0 radical (unpaired) electrons. The molecule has 1 aliphatic heterocycles. The number of nitrogens with zero attached hydrogens (tertiary/aromatic N) is 1. The topological polar surface area (TPSA) is 91.3 Å². The minimum atomic E-state index is -0.998. The van der Waals surface area contributed by atoms with Crippen LogP contribution in [0.25, 0.3) is 0 Å². The van der Waals surface area contributed by atoms with Crippen molar-refractivity contribution in [3.8, 4) is 0 Å². The predicted octanol–water partition coefficient (Wildman–Crippen LogP) is 0.928. The van der Waals surface area contributed by atoms with Crippen LogP contribution in [0.5, 0.6) is 0 Å². The van der Waals surface area contributed by atoms with Crippen molar-refractivity contribution >= 4 is 11.9 Å². The third-order valence-electron chi connectivity index (χ3n) is 3.78. The van der Waals surface area contributed by atoms with Gasteiger partial charge in [0.1, 0.15) is 0 Å². The van der Waals surface area contributed by atoms with Gasteiger partial charge in [0.25, 0.3) is 0 Å². The molecule has 1 saturated heterocycles. The molecule has 6 heteroatoms. The van der Waals surface area contributed by atoms with Crippen molar-refractivity contribution in [2.45, 2.75) is 38.3 Å². The molecular formula is C14H19N3O3. The molecule has 6 nitrogen and oxygen atoms in total. The number of pyridine rings is 1. The van der Waals surface area contributed by atoms with Crippen LogP contribution >= 0.6 is 0 Å². The molecule has 0 aliphatic carbocycles. The fourth-order valence-electron chi connectivity index (χ4n) is 2.51. The van der Waals surface area contributed by atoms with Crippen LogP contribution in [0.2, 0.25) is 0 Å². The van der Waals surface area contributed by atoms with Crippen LogP contribution in [0.1, 0.15) is 42.2 Å². The quantitative estimate of drug-likeness (QED) is 0.744. The third kappa shape index (κ3) is 2.96. The van der Waals surface area contributed by atoms with Gasteiger partial charge in [-0.05, 0) is 37.9 Å². The van der Waals surface area contributed by atoms with E-state index in [-0.39, 0.29) is 18.0 Å². The van der Waals surface area contributed by atoms with Crippen molar-refractivity contribution in [2.24, 2.45) is 0 Å². The van der Waals surface area contributed by atoms with Crippen LogP contribution in [0.3, 0.4) is 0 Å². The molecule has 1 fully saturated rings. The maximum atomic E-state index is 12.3. The first kappa shape index (κ1) is 14.5. The van der Waals surface area contributed by atoms with E-state index in [0.717, 1.165) is 25.8 Å². The van der Waals surface area contributed by atoms with Gasteiger partial charge in [-0.2, -0.15) is 0 Å². The van der Waals surface area contributed by atoms with Gasteiger partial charge in [0.2, 0.25) is 5.91 Å². The van der Waals surface area contributed by atoms with Crippen molar-refractivity contribution in [3.63, 3.8) is 0 Å². The number of hydrogen-bond acceptors (Lipinski definition) is 4. The predicted molar refractivity (Wildman–Crippen MR) is 73.3 cm³/mol. The molecule has 1 amide bonds. The van der Waals surface area contributed by atoms with Crippen molar-refractivity contribution in [2.75, 3.05) is 6.54 Å². The minimum absolute atomic E-state index is 0.0416. The lowest BCUT2D eigenvalue weighted by molar-refractivity contribution is -0.127. The zero-order chi connectivity index (χ0) is 14.6. The van der Waals surface area contributed by atoms with Gasteiger partial charge in [-0.3, -0.25) is 9.78 Å². The summed E-state index contributed by atoms with van der Waals surface area (Å²) >= 11 is 0. The summed E-state index contributed by atoms with van der Waals surface area (Å²) in [6.45, 7) is 3.08. The van der Waals surface area contributed by atoms with Gasteiger partial charge in [0.05, 0.1) is 23.3 Å². The van der Waals surface area contributed by atoms with Crippen LogP contribution in [-0.2, 0) is 11.3 Å². The van der Waals surface area contributed by atoms with Gasteiger partial charge in [-0.25, -0.2) is 4.79 Å². The van der Waals surface area contributed by atoms with E-state index in [9.17, 15) is 9.59 Å². The highest BCUT2D eigenvalue weighted by Gasteiger charge is 2.38. The molecule has 2 rings (SSSR count). The molecule has 0 aromatic carbocycles. The lowest BCUT2D eigenvalue weighted by Gasteiger charge is -2.26. The highest BCUT2D eigenvalue weighted by Crippen LogP contribution is 2.23. The summed E-state index contributed by atoms with van der Waals surface area (Å²) in [5.74, 6) is -1.04. The average Bonchev–Trinajstić information content (AvgIpc) is 2.95. The first-order chi connectivity index (χ1) is 9.57. The SMILES string of the molecule is CCC1(C(=O)NCc2cc(C(=O)O)ccn2)CCCN1. The van der Waals surface area contributed by atoms with E-state index < -0.39 is 11.5 Å². The Labute approximate surface area is 117 Å². The number of aromatic nitrogens is 1. The molecular weight excluding hydrogens is 258 g/mol. The fourth-order valence-corrected chi connectivity index (χ4v) is 2.51. The molecule has 3 N–H and O–H groups in total. The summed E-state index contributed by atoms with van der Waals surface area (Å²) in [6.07, 6.45) is 4.00. The molecule has 20 heavy (non-hydrogen) atoms. The number of hydrogen-bond donors (Lipinski definition) is 3. The monoisotopic (exact) mass is 277 g/mol. The summed E-state index contributed by atoms with van der Waals surface area (Å²) < 4.78 is 0. The standard InChI is InChI=1S/C14H19N3O3/c1-2-14(5-3-6-17-14)13(20)16-9-11-8-10(12(18)19)4-7-15-11/h4,7-8,17H,2-3,5-6,9H2,1H3,(H,16,20)(H,18,19). The molecule has 0 spiro atoms. The second-order valence-electron chi connectivity index (χ2n) is 4.99. The number of carboxylic acid groups (broad SMARTS) is 1. The number of aromatic carboxylic acids is 1. The number of rotatable bonds is 5. The Hall–Kier alpha value is -1.95. The molecule has 1 aliphatic rings. The van der Waals surface area contributed by atoms with Crippen molar-refractivity contribution < 1.29 is 14.7 Å². The number of amides is 1. The maximum Gasteiger partial charge on any atom is 0.335 e. The summed E-state index contributed by atoms with van der Waals surface area (Å²) in [5.41, 5.74) is 0.237. The van der Waals surface area contributed by atoms with E-state index in [0.29, 0.717) is 5.69 Å². The number of carbonyl (C=O) groups is 2. The van der Waals surface area contributed by atoms with Gasteiger partial charge < -0.3 is 15.7 Å². The van der Waals surface area contributed by atoms with E-state index in [1.165, 1.54) is 18.3 Å². The van der Waals surface area contributed by atoms with E-state index in [4.69, 9.17) is 5.11 Å². The summed E-state index contributed by atoms with van der Waals surface area (Å²) in [5, 5.41) is 15.0. The second-order valence-corrected chi connectivity index (χ2v) is 4.99. The molecule has 1 aromatic rings. The third-order valence-corrected chi connectivity index (χ3v) is 3.78. The number of carbonyl (C=O) groups excluding carboxylic acids is 1.